The van der Waals surface area contributed by atoms with Gasteiger partial charge in [0.25, 0.3) is 0 Å². The third-order valence-corrected chi connectivity index (χ3v) is 3.74. The van der Waals surface area contributed by atoms with Gasteiger partial charge in [0, 0.05) is 20.6 Å². The van der Waals surface area contributed by atoms with Crippen LogP contribution in [0.15, 0.2) is 53.2 Å². The molecule has 1 aliphatic rings. The molecule has 3 rings (SSSR count). The van der Waals surface area contributed by atoms with Crippen molar-refractivity contribution < 1.29 is 9.53 Å². The van der Waals surface area contributed by atoms with Gasteiger partial charge in [0.05, 0.1) is 0 Å². The number of carbonyl (C=O) groups excluding carboxylic acids is 1. The second-order valence-corrected chi connectivity index (χ2v) is 5.79. The molecule has 0 aliphatic carbocycles. The Morgan fingerprint density at radius 1 is 1.00 bits per heavy atom. The molecular formula is C16H8Cl3NO2. The minimum Gasteiger partial charge on any atom is -0.402 e. The molecule has 1 heterocycles. The zero-order chi connectivity index (χ0) is 15.7. The number of hydrogen-bond donors (Lipinski definition) is 0. The van der Waals surface area contributed by atoms with Crippen LogP contribution in [0.5, 0.6) is 0 Å². The monoisotopic (exact) mass is 351 g/mol. The SMILES string of the molecule is O=C1OC(c2cccc(Cl)c2)=N/C1=C\c1ccc(Cl)cc1Cl. The van der Waals surface area contributed by atoms with Crippen LogP contribution >= 0.6 is 34.8 Å². The zero-order valence-corrected chi connectivity index (χ0v) is 13.3. The summed E-state index contributed by atoms with van der Waals surface area (Å²) < 4.78 is 5.17. The van der Waals surface area contributed by atoms with E-state index < -0.39 is 5.97 Å². The molecule has 0 amide bonds. The average molecular weight is 353 g/mol. The fraction of sp³-hybridized carbons (Fsp3) is 0. The number of carbonyl (C=O) groups is 1. The van der Waals surface area contributed by atoms with Crippen molar-refractivity contribution in [2.24, 2.45) is 4.99 Å². The molecule has 1 aliphatic heterocycles. The molecule has 0 bridgehead atoms. The van der Waals surface area contributed by atoms with Gasteiger partial charge in [-0.2, -0.15) is 0 Å². The van der Waals surface area contributed by atoms with Gasteiger partial charge in [-0.15, -0.1) is 0 Å². The van der Waals surface area contributed by atoms with E-state index in [1.165, 1.54) is 0 Å². The molecule has 2 aromatic carbocycles. The highest BCUT2D eigenvalue weighted by atomic mass is 35.5. The van der Waals surface area contributed by atoms with Crippen LogP contribution in [0.4, 0.5) is 0 Å². The standard InChI is InChI=1S/C16H8Cl3NO2/c17-11-3-1-2-10(6-11)15-20-14(16(21)22-15)7-9-4-5-12(18)8-13(9)19/h1-8H/b14-7-. The number of hydrogen-bond acceptors (Lipinski definition) is 3. The van der Waals surface area contributed by atoms with Crippen molar-refractivity contribution in [3.8, 4) is 0 Å². The van der Waals surface area contributed by atoms with Crippen molar-refractivity contribution in [1.82, 2.24) is 0 Å². The van der Waals surface area contributed by atoms with Gasteiger partial charge in [-0.05, 0) is 42.0 Å². The molecule has 22 heavy (non-hydrogen) atoms. The van der Waals surface area contributed by atoms with Crippen LogP contribution < -0.4 is 0 Å². The summed E-state index contributed by atoms with van der Waals surface area (Å²) in [7, 11) is 0. The fourth-order valence-corrected chi connectivity index (χ4v) is 2.57. The molecule has 0 N–H and O–H groups in total. The Bertz CT molecular complexity index is 828. The van der Waals surface area contributed by atoms with Crippen LogP contribution in [0, 0.1) is 0 Å². The Morgan fingerprint density at radius 3 is 2.50 bits per heavy atom. The third kappa shape index (κ3) is 3.17. The topological polar surface area (TPSA) is 38.7 Å². The second-order valence-electron chi connectivity index (χ2n) is 4.51. The largest absolute Gasteiger partial charge is 0.402 e. The molecule has 0 aromatic heterocycles. The summed E-state index contributed by atoms with van der Waals surface area (Å²) in [6.07, 6.45) is 1.55. The minimum atomic E-state index is -0.541. The maximum atomic E-state index is 11.9. The van der Waals surface area contributed by atoms with E-state index >= 15 is 0 Å². The van der Waals surface area contributed by atoms with E-state index in [9.17, 15) is 4.79 Å². The number of aliphatic imine (C=N–C) groups is 1. The molecule has 0 fully saturated rings. The first-order valence-electron chi connectivity index (χ1n) is 6.26. The summed E-state index contributed by atoms with van der Waals surface area (Å²) >= 11 is 17.8. The summed E-state index contributed by atoms with van der Waals surface area (Å²) in [4.78, 5) is 16.1. The lowest BCUT2D eigenvalue weighted by Crippen LogP contribution is -2.05. The van der Waals surface area contributed by atoms with Crippen molar-refractivity contribution in [3.05, 3.63) is 74.4 Å². The zero-order valence-electron chi connectivity index (χ0n) is 11.0. The van der Waals surface area contributed by atoms with E-state index in [-0.39, 0.29) is 11.6 Å². The highest BCUT2D eigenvalue weighted by molar-refractivity contribution is 6.35. The number of cyclic esters (lactones) is 1. The van der Waals surface area contributed by atoms with Crippen LogP contribution in [0.3, 0.4) is 0 Å². The van der Waals surface area contributed by atoms with Crippen molar-refractivity contribution in [2.75, 3.05) is 0 Å². The molecule has 110 valence electrons. The van der Waals surface area contributed by atoms with Gasteiger partial charge in [-0.3, -0.25) is 0 Å². The summed E-state index contributed by atoms with van der Waals surface area (Å²) in [5, 5.41) is 1.48. The molecule has 6 heteroatoms. The first-order chi connectivity index (χ1) is 10.5. The van der Waals surface area contributed by atoms with Crippen LogP contribution in [0.25, 0.3) is 6.08 Å². The van der Waals surface area contributed by atoms with E-state index in [2.05, 4.69) is 4.99 Å². The lowest BCUT2D eigenvalue weighted by molar-refractivity contribution is -0.129. The maximum absolute atomic E-state index is 11.9. The van der Waals surface area contributed by atoms with E-state index in [4.69, 9.17) is 39.5 Å². The molecular weight excluding hydrogens is 345 g/mol. The first-order valence-corrected chi connectivity index (χ1v) is 7.40. The van der Waals surface area contributed by atoms with E-state index in [0.717, 1.165) is 0 Å². The van der Waals surface area contributed by atoms with Gasteiger partial charge in [0.2, 0.25) is 5.90 Å². The molecule has 0 unspecified atom stereocenters. The highest BCUT2D eigenvalue weighted by Crippen LogP contribution is 2.26. The van der Waals surface area contributed by atoms with Crippen molar-refractivity contribution in [3.63, 3.8) is 0 Å². The van der Waals surface area contributed by atoms with Crippen molar-refractivity contribution in [1.29, 1.82) is 0 Å². The van der Waals surface area contributed by atoms with Gasteiger partial charge < -0.3 is 4.74 Å². The maximum Gasteiger partial charge on any atom is 0.363 e. The third-order valence-electron chi connectivity index (χ3n) is 2.95. The minimum absolute atomic E-state index is 0.166. The predicted molar refractivity (Wildman–Crippen MR) is 88.5 cm³/mol. The Labute approximate surface area is 141 Å². The molecule has 0 atom stereocenters. The smallest absolute Gasteiger partial charge is 0.363 e. The average Bonchev–Trinajstić information content (AvgIpc) is 2.83. The van der Waals surface area contributed by atoms with Crippen LogP contribution in [0.1, 0.15) is 11.1 Å². The summed E-state index contributed by atoms with van der Waals surface area (Å²) in [5.41, 5.74) is 1.43. The van der Waals surface area contributed by atoms with Gasteiger partial charge in [0.1, 0.15) is 0 Å². The second kappa shape index (κ2) is 6.13. The molecule has 0 spiro atoms. The number of ether oxygens (including phenoxy) is 1. The summed E-state index contributed by atoms with van der Waals surface area (Å²) in [6.45, 7) is 0. The van der Waals surface area contributed by atoms with Gasteiger partial charge in [-0.25, -0.2) is 9.79 Å². The number of nitrogens with zero attached hydrogens (tertiary/aromatic N) is 1. The Kier molecular flexibility index (Phi) is 4.21. The molecule has 3 nitrogen and oxygen atoms in total. The molecule has 2 aromatic rings. The predicted octanol–water partition coefficient (Wildman–Crippen LogP) is 4.99. The van der Waals surface area contributed by atoms with E-state index in [0.29, 0.717) is 26.2 Å². The highest BCUT2D eigenvalue weighted by Gasteiger charge is 2.24. The summed E-state index contributed by atoms with van der Waals surface area (Å²) in [6, 6.07) is 11.9. The normalized spacial score (nSPS) is 15.9. The van der Waals surface area contributed by atoms with E-state index in [1.807, 2.05) is 0 Å². The number of esters is 1. The van der Waals surface area contributed by atoms with Crippen LogP contribution in [-0.4, -0.2) is 11.9 Å². The molecule has 0 saturated carbocycles. The van der Waals surface area contributed by atoms with Gasteiger partial charge in [-0.1, -0.05) is 46.9 Å². The lowest BCUT2D eigenvalue weighted by Gasteiger charge is -1.99. The van der Waals surface area contributed by atoms with Crippen LogP contribution in [-0.2, 0) is 9.53 Å². The van der Waals surface area contributed by atoms with Crippen LogP contribution in [0.2, 0.25) is 15.1 Å². The summed E-state index contributed by atoms with van der Waals surface area (Å²) in [5.74, 6) is -0.329. The first kappa shape index (κ1) is 15.1. The van der Waals surface area contributed by atoms with E-state index in [1.54, 1.807) is 48.5 Å². The Morgan fingerprint density at radius 2 is 1.77 bits per heavy atom. The lowest BCUT2D eigenvalue weighted by atomic mass is 10.2. The number of rotatable bonds is 2. The van der Waals surface area contributed by atoms with Gasteiger partial charge in [0.15, 0.2) is 5.70 Å². The molecule has 0 radical (unpaired) electrons. The van der Waals surface area contributed by atoms with Crippen molar-refractivity contribution >= 4 is 52.7 Å². The Balaban J connectivity index is 1.97. The molecule has 0 saturated heterocycles. The quantitative estimate of drug-likeness (QED) is 0.564. The van der Waals surface area contributed by atoms with Crippen molar-refractivity contribution in [2.45, 2.75) is 0 Å². The van der Waals surface area contributed by atoms with Gasteiger partial charge >= 0.3 is 5.97 Å². The number of benzene rings is 2. The fourth-order valence-electron chi connectivity index (χ4n) is 1.92. The number of halogens is 3. The Hall–Kier alpha value is -1.81.